The quantitative estimate of drug-likeness (QED) is 0.0298. The van der Waals surface area contributed by atoms with Crippen LogP contribution in [0.2, 0.25) is 0 Å². The van der Waals surface area contributed by atoms with Crippen molar-refractivity contribution < 1.29 is 93.6 Å². The number of nitrogens with zero attached hydrogens (tertiary/aromatic N) is 10. The minimum atomic E-state index is -5.07. The molecule has 19 N–H and O–H groups in total. The van der Waals surface area contributed by atoms with Crippen LogP contribution in [0.5, 0.6) is 0 Å². The molecule has 589 valence electrons. The molecule has 4 aromatic rings. The monoisotopic (exact) mass is 1560 g/mol. The first kappa shape index (κ1) is 83.8. The Kier molecular flexibility index (Phi) is 24.8. The van der Waals surface area contributed by atoms with E-state index in [1.54, 1.807) is 22.4 Å². The molecule has 0 aliphatic carbocycles. The number of fused-ring (bicyclic) bond motifs is 8. The second-order valence-electron chi connectivity index (χ2n) is 31.0. The smallest absolute Gasteiger partial charge is 0.682 e. The summed E-state index contributed by atoms with van der Waals surface area (Å²) in [6.45, 7) is 22.8. The van der Waals surface area contributed by atoms with Gasteiger partial charge in [-0.15, -0.1) is 0 Å². The maximum absolute atomic E-state index is 14.4. The number of hydrogen-bond donors (Lipinski definition) is 12. The standard InChI is InChI=1S/C62H90N13O14P.C10H12N5O2.Co/c1-29-20-39-40(21-30(29)2)75(28-70-39)57-52(84)53(41(27-76)87-57)89-90(85,86)88-31(3)26-69-49(83)18-19-59(8)37(22-46(66)80)56-62(11)61(10,25-48(68)82)36(14-17-45(65)79)51(74-62)33(5)55-60(9,24-47(67)81)34(12-15-43(63)77)38(71-55)23-42-58(6,7)35(13-16-44(64)78)50(72-42)32(4)54(59)73-56;1-5-6(16)2-7(17-5)15-4-14-8-9(11)12-3-13-10(8)15;/h20-21,23,28,31,34-37,41,52-53,56-57,76,84H,12-19,22,24-27H2,1-11H3,(H15,63,64,65,66,67,68,69,71,72,73,74,77,78,79,80,81,82,83,85,86);3-7,16H,1-2H2,(H2,11,12,13);/q;-1;+2/p-1. The zero-order valence-electron chi connectivity index (χ0n) is 62.6. The van der Waals surface area contributed by atoms with Crippen molar-refractivity contribution in [1.29, 1.82) is 0 Å². The third-order valence-corrected chi connectivity index (χ3v) is 24.5. The number of aliphatic imine (C=N–C) groups is 3. The number of hydrogen-bond acceptors (Lipinski definition) is 23. The number of nitrogen functional groups attached to an aromatic ring is 1. The number of amides is 7. The van der Waals surface area contributed by atoms with Crippen LogP contribution in [0.4, 0.5) is 5.82 Å². The number of carbonyl (C=O) groups excluding carboxylic acids is 7. The predicted octanol–water partition coefficient (Wildman–Crippen LogP) is 3.84. The number of aromatic nitrogens is 6. The molecule has 8 bridgehead atoms. The largest absolute Gasteiger partial charge is 2.00 e. The van der Waals surface area contributed by atoms with Crippen molar-refractivity contribution in [1.82, 2.24) is 34.4 Å². The summed E-state index contributed by atoms with van der Waals surface area (Å²) in [7, 11) is -5.07. The SMILES string of the molecule is CC1=C2N=C(/C=C3/N=C(C(C)=C4[N-]C(C(CC(N)=O)C4(C)CCC(=O)NCC(C)OP(=O)(O)OC4C(CO)OC(n5cnc6cc(C)c(C)cc65)C4O)C4(C)N=C1C(CCC(N)=O)C4(C)CC(N)=O)C(CCC(N)=O)C3(C)C)C(CCC(N)=O)C2(C)CC(N)=O.[CH2-]C1OC(n2cnc3c(N)ncnc32)CC1O.[Co+2]. The van der Waals surface area contributed by atoms with Crippen molar-refractivity contribution in [3.8, 4) is 0 Å². The van der Waals surface area contributed by atoms with E-state index < -0.39 is 156 Å². The number of phosphoric acid groups is 1. The van der Waals surface area contributed by atoms with E-state index >= 15 is 0 Å². The van der Waals surface area contributed by atoms with E-state index in [2.05, 4.69) is 32.2 Å². The van der Waals surface area contributed by atoms with E-state index in [0.29, 0.717) is 79.8 Å². The average molecular weight is 1560 g/mol. The molecule has 3 aromatic heterocycles. The first-order valence-corrected chi connectivity index (χ1v) is 37.3. The number of aliphatic hydroxyl groups is 3. The number of rotatable bonds is 27. The van der Waals surface area contributed by atoms with E-state index in [1.807, 2.05) is 80.5 Å². The molecule has 7 aliphatic rings. The van der Waals surface area contributed by atoms with Gasteiger partial charge in [0.25, 0.3) is 0 Å². The molecule has 18 unspecified atom stereocenters. The summed E-state index contributed by atoms with van der Waals surface area (Å²) in [4.78, 5) is 138. The zero-order chi connectivity index (χ0) is 78.7. The molecular weight excluding hydrogens is 1460 g/mol. The molecule has 0 spiro atoms. The van der Waals surface area contributed by atoms with Crippen LogP contribution >= 0.6 is 7.82 Å². The topological polar surface area (TPSA) is 561 Å². The molecule has 7 amide bonds. The number of nitrogens with two attached hydrogens (primary N) is 7. The Bertz CT molecular complexity index is 4470. The molecule has 11 rings (SSSR count). The number of ether oxygens (including phenoxy) is 2. The molecule has 1 radical (unpaired) electrons. The third-order valence-electron chi connectivity index (χ3n) is 23.4. The van der Waals surface area contributed by atoms with Crippen LogP contribution in [-0.4, -0.2) is 169 Å². The Labute approximate surface area is 635 Å². The number of aliphatic hydroxyl groups excluding tert-OH is 3. The first-order valence-electron chi connectivity index (χ1n) is 35.8. The minimum Gasteiger partial charge on any atom is -0.682 e. The third kappa shape index (κ3) is 16.2. The number of phosphoric ester groups is 1. The number of nitrogens with one attached hydrogen (secondary N) is 1. The van der Waals surface area contributed by atoms with Crippen LogP contribution in [0.3, 0.4) is 0 Å². The second kappa shape index (κ2) is 32.0. The Balaban J connectivity index is 0.000000649. The van der Waals surface area contributed by atoms with Gasteiger partial charge < -0.3 is 91.9 Å². The number of imidazole rings is 2. The number of benzene rings is 1. The first-order chi connectivity index (χ1) is 50.0. The normalized spacial score (nSPS) is 31.7. The molecule has 36 heteroatoms. The Morgan fingerprint density at radius 2 is 1.39 bits per heavy atom. The van der Waals surface area contributed by atoms with Gasteiger partial charge in [0.2, 0.25) is 41.4 Å². The molecule has 18 atom stereocenters. The number of allylic oxidation sites excluding steroid dienone is 6. The van der Waals surface area contributed by atoms with Crippen LogP contribution in [0.15, 0.2) is 80.4 Å². The van der Waals surface area contributed by atoms with Gasteiger partial charge in [0.1, 0.15) is 36.4 Å². The van der Waals surface area contributed by atoms with Gasteiger partial charge in [-0.3, -0.25) is 62.2 Å². The average Bonchev–Trinajstić information content (AvgIpc) is 1.53. The van der Waals surface area contributed by atoms with Crippen LogP contribution in [0.1, 0.15) is 163 Å². The van der Waals surface area contributed by atoms with Gasteiger partial charge in [-0.05, 0) is 125 Å². The number of aryl methyl sites for hydroxylation is 2. The fraction of sp³-hybridized carbons (Fsp3) is 0.597. The van der Waals surface area contributed by atoms with Crippen LogP contribution in [0, 0.1) is 66.1 Å². The fourth-order valence-electron chi connectivity index (χ4n) is 17.3. The van der Waals surface area contributed by atoms with Gasteiger partial charge in [-0.25, -0.2) is 24.5 Å². The van der Waals surface area contributed by atoms with E-state index in [1.165, 1.54) is 19.6 Å². The van der Waals surface area contributed by atoms with Crippen molar-refractivity contribution in [2.24, 2.45) is 94.7 Å². The number of anilines is 1. The van der Waals surface area contributed by atoms with Gasteiger partial charge in [-0.1, -0.05) is 40.7 Å². The summed E-state index contributed by atoms with van der Waals surface area (Å²) < 4.78 is 39.5. The van der Waals surface area contributed by atoms with Crippen LogP contribution < -0.4 is 45.5 Å². The molecule has 7 aliphatic heterocycles. The van der Waals surface area contributed by atoms with Crippen molar-refractivity contribution in [3.63, 3.8) is 0 Å². The van der Waals surface area contributed by atoms with E-state index in [4.69, 9.17) is 79.0 Å². The fourth-order valence-corrected chi connectivity index (χ4v) is 18.4. The van der Waals surface area contributed by atoms with E-state index in [9.17, 15) is 58.3 Å². The molecule has 0 saturated carbocycles. The zero-order valence-corrected chi connectivity index (χ0v) is 64.5. The maximum atomic E-state index is 14.4. The van der Waals surface area contributed by atoms with Gasteiger partial charge in [0.15, 0.2) is 17.7 Å². The summed E-state index contributed by atoms with van der Waals surface area (Å²) in [5.41, 5.74) is 43.6. The second-order valence-corrected chi connectivity index (χ2v) is 32.4. The molecule has 108 heavy (non-hydrogen) atoms. The van der Waals surface area contributed by atoms with Crippen LogP contribution in [-0.2, 0) is 73.4 Å². The molecule has 3 fully saturated rings. The van der Waals surface area contributed by atoms with Crippen molar-refractivity contribution in [2.75, 3.05) is 18.9 Å². The van der Waals surface area contributed by atoms with E-state index in [0.717, 1.165) is 11.1 Å². The molecule has 1 aromatic carbocycles. The van der Waals surface area contributed by atoms with Gasteiger partial charge in [-0.2, -0.15) is 5.70 Å². The Morgan fingerprint density at radius 3 is 1.99 bits per heavy atom. The summed E-state index contributed by atoms with van der Waals surface area (Å²) >= 11 is 0. The summed E-state index contributed by atoms with van der Waals surface area (Å²) in [5.74, 6) is -7.01. The van der Waals surface area contributed by atoms with Gasteiger partial charge in [0.05, 0.1) is 53.7 Å². The summed E-state index contributed by atoms with van der Waals surface area (Å²) in [5, 5.41) is 39.8. The molecular formula is C72H101CoN18O16P. The maximum Gasteiger partial charge on any atom is 2.00 e. The van der Waals surface area contributed by atoms with E-state index in [-0.39, 0.29) is 100 Å². The molecule has 3 saturated heterocycles. The Morgan fingerprint density at radius 1 is 0.769 bits per heavy atom. The summed E-state index contributed by atoms with van der Waals surface area (Å²) in [6, 6.07) is 2.68. The number of carbonyl (C=O) groups is 7. The van der Waals surface area contributed by atoms with Crippen LogP contribution in [0.25, 0.3) is 27.5 Å². The van der Waals surface area contributed by atoms with Gasteiger partial charge in [0, 0.05) is 115 Å². The van der Waals surface area contributed by atoms with Crippen molar-refractivity contribution in [3.05, 3.63) is 88.8 Å². The Hall–Kier alpha value is -8.22. The van der Waals surface area contributed by atoms with Crippen molar-refractivity contribution >= 4 is 94.3 Å². The number of primary amides is 6. The summed E-state index contributed by atoms with van der Waals surface area (Å²) in [6.07, 6.45) is -2.36. The molecule has 10 heterocycles. The predicted molar refractivity (Wildman–Crippen MR) is 393 cm³/mol. The molecule has 34 nitrogen and oxygen atoms in total. The van der Waals surface area contributed by atoms with Crippen molar-refractivity contribution in [2.45, 2.75) is 214 Å². The minimum absolute atomic E-state index is 0. The van der Waals surface area contributed by atoms with Gasteiger partial charge >= 0.3 is 24.6 Å².